The molecule has 0 radical (unpaired) electrons. The van der Waals surface area contributed by atoms with Gasteiger partial charge in [-0.15, -0.1) is 0 Å². The maximum absolute atomic E-state index is 4.00. The van der Waals surface area contributed by atoms with E-state index in [1.807, 2.05) is 47.6 Å². The molecule has 0 fully saturated rings. The molecule has 3 aromatic rings. The molecule has 0 saturated carbocycles. The minimum absolute atomic E-state index is 1.22. The molecule has 0 nitrogen and oxygen atoms in total. The van der Waals surface area contributed by atoms with Crippen molar-refractivity contribution in [2.24, 2.45) is 0 Å². The van der Waals surface area contributed by atoms with E-state index in [0.717, 1.165) is 0 Å². The van der Waals surface area contributed by atoms with Crippen LogP contribution >= 0.6 is 0 Å². The Hall–Kier alpha value is -2.34. The molecule has 0 heteroatoms. The van der Waals surface area contributed by atoms with Crippen LogP contribution in [-0.2, 0) is 0 Å². The first kappa shape index (κ1) is 22.7. The van der Waals surface area contributed by atoms with Crippen molar-refractivity contribution in [3.05, 3.63) is 72.3 Å². The van der Waals surface area contributed by atoms with E-state index in [1.54, 1.807) is 0 Å². The Morgan fingerprint density at radius 1 is 0.600 bits per heavy atom. The Balaban J connectivity index is 0.000000871. The molecule has 25 heavy (non-hydrogen) atoms. The van der Waals surface area contributed by atoms with Gasteiger partial charge in [0.2, 0.25) is 0 Å². The van der Waals surface area contributed by atoms with E-state index in [9.17, 15) is 0 Å². The van der Waals surface area contributed by atoms with E-state index in [0.29, 0.717) is 0 Å². The molecular weight excluding hydrogens is 300 g/mol. The lowest BCUT2D eigenvalue weighted by molar-refractivity contribution is 1.50. The monoisotopic (exact) mass is 334 g/mol. The SMILES string of the molecule is C=Cc1c(/C=C\C)c2ccccc2c2ccccc12.CC.CC.CC. The van der Waals surface area contributed by atoms with Crippen LogP contribution in [0.1, 0.15) is 59.6 Å². The first-order chi connectivity index (χ1) is 12.4. The first-order valence-electron chi connectivity index (χ1n) is 9.55. The van der Waals surface area contributed by atoms with Crippen LogP contribution in [0.5, 0.6) is 0 Å². The molecule has 0 unspecified atom stereocenters. The zero-order chi connectivity index (χ0) is 19.2. The molecule has 134 valence electrons. The fourth-order valence-corrected chi connectivity index (χ4v) is 2.76. The maximum Gasteiger partial charge on any atom is -0.00990 e. The Morgan fingerprint density at radius 3 is 1.32 bits per heavy atom. The predicted octanol–water partition coefficient (Wildman–Crippen LogP) is 8.75. The van der Waals surface area contributed by atoms with E-state index in [-0.39, 0.29) is 0 Å². The predicted molar refractivity (Wildman–Crippen MR) is 120 cm³/mol. The largest absolute Gasteiger partial charge is 0.0984 e. The second-order valence-electron chi connectivity index (χ2n) is 4.62. The van der Waals surface area contributed by atoms with E-state index in [2.05, 4.69) is 74.2 Å². The number of hydrogen-bond acceptors (Lipinski definition) is 0. The van der Waals surface area contributed by atoms with Gasteiger partial charge in [0.1, 0.15) is 0 Å². The van der Waals surface area contributed by atoms with Gasteiger partial charge in [-0.25, -0.2) is 0 Å². The van der Waals surface area contributed by atoms with Gasteiger partial charge < -0.3 is 0 Å². The highest BCUT2D eigenvalue weighted by Gasteiger charge is 2.09. The van der Waals surface area contributed by atoms with Gasteiger partial charge in [-0.05, 0) is 39.6 Å². The van der Waals surface area contributed by atoms with Crippen molar-refractivity contribution >= 4 is 33.7 Å². The molecule has 0 aromatic heterocycles. The summed E-state index contributed by atoms with van der Waals surface area (Å²) in [6.07, 6.45) is 6.22. The molecule has 0 saturated heterocycles. The molecular formula is C25H34. The molecule has 0 aliphatic rings. The highest BCUT2D eigenvalue weighted by molar-refractivity contribution is 6.14. The first-order valence-corrected chi connectivity index (χ1v) is 9.55. The molecule has 0 spiro atoms. The van der Waals surface area contributed by atoms with Gasteiger partial charge in [0.05, 0.1) is 0 Å². The highest BCUT2D eigenvalue weighted by atomic mass is 14.1. The van der Waals surface area contributed by atoms with Gasteiger partial charge in [-0.1, -0.05) is 115 Å². The standard InChI is InChI=1S/C19H16.3C2H6/c1-3-9-15-14(4-2)16-10-5-6-12-18(16)19-13-8-7-11-17(15)19;3*1-2/h3-13H,2H2,1H3;3*1-2H3/b9-3-;;;. The lowest BCUT2D eigenvalue weighted by Gasteiger charge is -2.12. The minimum atomic E-state index is 1.22. The normalized spacial score (nSPS) is 9.40. The Morgan fingerprint density at radius 2 is 0.960 bits per heavy atom. The van der Waals surface area contributed by atoms with Crippen molar-refractivity contribution in [3.63, 3.8) is 0 Å². The zero-order valence-electron chi connectivity index (χ0n) is 17.1. The third-order valence-electron chi connectivity index (χ3n) is 3.55. The molecule has 0 N–H and O–H groups in total. The van der Waals surface area contributed by atoms with Crippen molar-refractivity contribution in [1.29, 1.82) is 0 Å². The van der Waals surface area contributed by atoms with Crippen LogP contribution < -0.4 is 0 Å². The van der Waals surface area contributed by atoms with Crippen LogP contribution in [0.25, 0.3) is 33.7 Å². The van der Waals surface area contributed by atoms with E-state index >= 15 is 0 Å². The van der Waals surface area contributed by atoms with E-state index in [4.69, 9.17) is 0 Å². The van der Waals surface area contributed by atoms with E-state index in [1.165, 1.54) is 32.7 Å². The summed E-state index contributed by atoms with van der Waals surface area (Å²) < 4.78 is 0. The Labute approximate surface area is 154 Å². The summed E-state index contributed by atoms with van der Waals surface area (Å²) in [5, 5.41) is 5.15. The van der Waals surface area contributed by atoms with Crippen molar-refractivity contribution in [2.45, 2.75) is 48.5 Å². The van der Waals surface area contributed by atoms with Crippen LogP contribution in [0.4, 0.5) is 0 Å². The number of rotatable bonds is 2. The number of fused-ring (bicyclic) bond motifs is 3. The van der Waals surface area contributed by atoms with Crippen LogP contribution in [0.15, 0.2) is 61.2 Å². The van der Waals surface area contributed by atoms with Gasteiger partial charge in [-0.3, -0.25) is 0 Å². The van der Waals surface area contributed by atoms with Crippen molar-refractivity contribution in [3.8, 4) is 0 Å². The summed E-state index contributed by atoms with van der Waals surface area (Å²) >= 11 is 0. The maximum atomic E-state index is 4.00. The summed E-state index contributed by atoms with van der Waals surface area (Å²) in [6.45, 7) is 18.0. The number of hydrogen-bond donors (Lipinski definition) is 0. The summed E-state index contributed by atoms with van der Waals surface area (Å²) in [7, 11) is 0. The molecule has 3 rings (SSSR count). The van der Waals surface area contributed by atoms with Crippen LogP contribution in [-0.4, -0.2) is 0 Å². The summed E-state index contributed by atoms with van der Waals surface area (Å²) in [5.41, 5.74) is 2.47. The fourth-order valence-electron chi connectivity index (χ4n) is 2.76. The van der Waals surface area contributed by atoms with Crippen molar-refractivity contribution < 1.29 is 0 Å². The fraction of sp³-hybridized carbons (Fsp3) is 0.280. The highest BCUT2D eigenvalue weighted by Crippen LogP contribution is 2.34. The third kappa shape index (κ3) is 5.06. The smallest absolute Gasteiger partial charge is 0.00990 e. The van der Waals surface area contributed by atoms with Gasteiger partial charge in [0.15, 0.2) is 0 Å². The zero-order valence-corrected chi connectivity index (χ0v) is 17.1. The molecule has 0 aliphatic carbocycles. The van der Waals surface area contributed by atoms with E-state index < -0.39 is 0 Å². The lowest BCUT2D eigenvalue weighted by atomic mass is 9.91. The second kappa shape index (κ2) is 13.0. The summed E-state index contributed by atoms with van der Waals surface area (Å²) in [5.74, 6) is 0. The second-order valence-corrected chi connectivity index (χ2v) is 4.62. The summed E-state index contributed by atoms with van der Waals surface area (Å²) in [6, 6.07) is 17.1. The topological polar surface area (TPSA) is 0 Å². The van der Waals surface area contributed by atoms with Crippen LogP contribution in [0.3, 0.4) is 0 Å². The molecule has 3 aromatic carbocycles. The summed E-state index contributed by atoms with van der Waals surface area (Å²) in [4.78, 5) is 0. The average Bonchev–Trinajstić information content (AvgIpc) is 2.73. The Kier molecular flexibility index (Phi) is 11.8. The molecule has 0 heterocycles. The Bertz CT molecular complexity index is 792. The lowest BCUT2D eigenvalue weighted by Crippen LogP contribution is -1.88. The third-order valence-corrected chi connectivity index (χ3v) is 3.55. The van der Waals surface area contributed by atoms with Crippen LogP contribution in [0, 0.1) is 0 Å². The molecule has 0 aliphatic heterocycles. The quantitative estimate of drug-likeness (QED) is 0.411. The molecule has 0 atom stereocenters. The van der Waals surface area contributed by atoms with Gasteiger partial charge in [0.25, 0.3) is 0 Å². The number of benzene rings is 3. The van der Waals surface area contributed by atoms with Crippen LogP contribution in [0.2, 0.25) is 0 Å². The number of allylic oxidation sites excluding steroid dienone is 1. The van der Waals surface area contributed by atoms with Gasteiger partial charge in [-0.2, -0.15) is 0 Å². The van der Waals surface area contributed by atoms with Crippen molar-refractivity contribution in [2.75, 3.05) is 0 Å². The molecule has 0 bridgehead atoms. The van der Waals surface area contributed by atoms with Gasteiger partial charge >= 0.3 is 0 Å². The minimum Gasteiger partial charge on any atom is -0.0984 e. The molecule has 0 amide bonds. The van der Waals surface area contributed by atoms with Crippen molar-refractivity contribution in [1.82, 2.24) is 0 Å². The average molecular weight is 335 g/mol. The van der Waals surface area contributed by atoms with Gasteiger partial charge in [0, 0.05) is 0 Å².